The molecule has 3 aromatic rings. The van der Waals surface area contributed by atoms with Gasteiger partial charge in [-0.1, -0.05) is 18.2 Å². The molecular formula is C23H31N6O9P. The Balaban J connectivity index is 1.52. The zero-order chi connectivity index (χ0) is 28.3. The first-order valence-corrected chi connectivity index (χ1v) is 13.6. The van der Waals surface area contributed by atoms with E-state index in [4.69, 9.17) is 24.3 Å². The van der Waals surface area contributed by atoms with Crippen LogP contribution in [0.3, 0.4) is 0 Å². The zero-order valence-electron chi connectivity index (χ0n) is 21.4. The number of aliphatic hydroxyl groups is 2. The summed E-state index contributed by atoms with van der Waals surface area (Å²) >= 11 is 0. The smallest absolute Gasteiger partial charge is 0.459 e. The molecule has 1 saturated heterocycles. The lowest BCUT2D eigenvalue weighted by Gasteiger charge is -2.25. The normalized spacial score (nSPS) is 23.5. The van der Waals surface area contributed by atoms with Gasteiger partial charge in [0.05, 0.1) is 18.1 Å². The third kappa shape index (κ3) is 6.47. The Kier molecular flexibility index (Phi) is 8.71. The zero-order valence-corrected chi connectivity index (χ0v) is 22.3. The molecule has 15 nitrogen and oxygen atoms in total. The molecule has 0 aliphatic carbocycles. The fourth-order valence-corrected chi connectivity index (χ4v) is 5.45. The van der Waals surface area contributed by atoms with E-state index in [1.54, 1.807) is 50.2 Å². The van der Waals surface area contributed by atoms with Crippen LogP contribution >= 0.6 is 7.75 Å². The van der Waals surface area contributed by atoms with Crippen LogP contribution in [0.2, 0.25) is 0 Å². The lowest BCUT2D eigenvalue weighted by Crippen LogP contribution is -2.38. The SMILES string of the molecule is CC(C)OC(=O)[C@H](C)N[P@](=O)(OC[C@H]1O[C@@H](n2ccc3c(NO)nc(N)nc32)[C@H](O)[C@@H]1O)Oc1ccccc1. The number of nitrogens with one attached hydrogen (secondary N) is 2. The van der Waals surface area contributed by atoms with Gasteiger partial charge in [-0.2, -0.15) is 15.1 Å². The molecule has 0 spiro atoms. The summed E-state index contributed by atoms with van der Waals surface area (Å²) in [5.41, 5.74) is 7.87. The van der Waals surface area contributed by atoms with Crippen molar-refractivity contribution in [1.82, 2.24) is 19.6 Å². The molecule has 1 aromatic carbocycles. The van der Waals surface area contributed by atoms with Gasteiger partial charge in [0.25, 0.3) is 0 Å². The number of hydrogen-bond acceptors (Lipinski definition) is 13. The summed E-state index contributed by atoms with van der Waals surface area (Å²) in [6.07, 6.45) is -4.10. The fraction of sp³-hybridized carbons (Fsp3) is 0.435. The van der Waals surface area contributed by atoms with Crippen molar-refractivity contribution in [2.45, 2.75) is 57.5 Å². The second-order valence-corrected chi connectivity index (χ2v) is 10.8. The lowest BCUT2D eigenvalue weighted by atomic mass is 10.1. The van der Waals surface area contributed by atoms with E-state index < -0.39 is 57.0 Å². The van der Waals surface area contributed by atoms with Gasteiger partial charge in [0.2, 0.25) is 5.95 Å². The molecule has 3 heterocycles. The summed E-state index contributed by atoms with van der Waals surface area (Å²) in [7, 11) is -4.23. The number of benzene rings is 1. The highest BCUT2D eigenvalue weighted by atomic mass is 31.2. The Morgan fingerprint density at radius 2 is 1.90 bits per heavy atom. The number of nitrogen functional groups attached to an aromatic ring is 1. The summed E-state index contributed by atoms with van der Waals surface area (Å²) in [6, 6.07) is 8.66. The van der Waals surface area contributed by atoms with E-state index in [1.165, 1.54) is 17.7 Å². The number of anilines is 2. The van der Waals surface area contributed by atoms with Gasteiger partial charge in [-0.25, -0.2) is 4.57 Å². The highest BCUT2D eigenvalue weighted by Crippen LogP contribution is 2.46. The van der Waals surface area contributed by atoms with Gasteiger partial charge in [0, 0.05) is 6.20 Å². The summed E-state index contributed by atoms with van der Waals surface area (Å²) in [4.78, 5) is 20.4. The molecule has 0 unspecified atom stereocenters. The molecule has 1 aliphatic heterocycles. The van der Waals surface area contributed by atoms with Crippen LogP contribution in [0.1, 0.15) is 27.0 Å². The molecule has 1 aliphatic rings. The van der Waals surface area contributed by atoms with Gasteiger partial charge in [0.1, 0.15) is 35.8 Å². The lowest BCUT2D eigenvalue weighted by molar-refractivity contribution is -0.149. The molecule has 212 valence electrons. The highest BCUT2D eigenvalue weighted by molar-refractivity contribution is 7.52. The van der Waals surface area contributed by atoms with E-state index in [0.29, 0.717) is 5.39 Å². The average Bonchev–Trinajstić information content (AvgIpc) is 3.42. The quantitative estimate of drug-likeness (QED) is 0.110. The molecule has 1 fully saturated rings. The van der Waals surface area contributed by atoms with Crippen molar-refractivity contribution in [2.75, 3.05) is 17.8 Å². The Labute approximate surface area is 223 Å². The molecule has 0 radical (unpaired) electrons. The maximum absolute atomic E-state index is 13.7. The predicted molar refractivity (Wildman–Crippen MR) is 138 cm³/mol. The summed E-state index contributed by atoms with van der Waals surface area (Å²) in [6.45, 7) is 4.31. The number of hydrogen-bond donors (Lipinski definition) is 6. The minimum Gasteiger partial charge on any atom is -0.462 e. The van der Waals surface area contributed by atoms with Gasteiger partial charge in [-0.05, 0) is 39.0 Å². The van der Waals surface area contributed by atoms with Gasteiger partial charge in [-0.15, -0.1) is 0 Å². The van der Waals surface area contributed by atoms with Crippen LogP contribution in [0.4, 0.5) is 11.8 Å². The van der Waals surface area contributed by atoms with Crippen LogP contribution in [0.5, 0.6) is 5.75 Å². The standard InChI is InChI=1S/C23H31N6O9P/c1-12(2)36-22(32)13(3)28-39(34,38-14-7-5-4-6-8-14)35-11-16-17(30)18(31)21(37-16)29-10-9-15-19(27-33)25-23(24)26-20(15)29/h4-10,12-13,16-18,21,30-31,33H,11H2,1-3H3,(H,28,34)(H3,24,25,26,27)/t13-,16+,17+,18+,21+,39-/m0/s1. The molecule has 0 saturated carbocycles. The molecule has 6 atom stereocenters. The largest absolute Gasteiger partial charge is 0.462 e. The minimum atomic E-state index is -4.23. The maximum Gasteiger partial charge on any atom is 0.459 e. The number of esters is 1. The van der Waals surface area contributed by atoms with Crippen LogP contribution in [0.15, 0.2) is 42.6 Å². The molecule has 39 heavy (non-hydrogen) atoms. The number of aliphatic hydroxyl groups excluding tert-OH is 2. The number of rotatable bonds is 11. The number of nitrogens with two attached hydrogens (primary N) is 1. The van der Waals surface area contributed by atoms with Crippen LogP contribution in [0.25, 0.3) is 11.0 Å². The van der Waals surface area contributed by atoms with Gasteiger partial charge >= 0.3 is 13.7 Å². The Morgan fingerprint density at radius 1 is 1.18 bits per heavy atom. The first kappa shape index (κ1) is 28.7. The first-order chi connectivity index (χ1) is 18.5. The number of para-hydroxylation sites is 1. The number of carbonyl (C=O) groups is 1. The van der Waals surface area contributed by atoms with Crippen LogP contribution in [-0.4, -0.2) is 73.0 Å². The second-order valence-electron chi connectivity index (χ2n) is 9.08. The van der Waals surface area contributed by atoms with Crippen molar-refractivity contribution in [1.29, 1.82) is 0 Å². The van der Waals surface area contributed by atoms with Crippen molar-refractivity contribution >= 4 is 36.5 Å². The number of nitrogens with zero attached hydrogens (tertiary/aromatic N) is 3. The third-order valence-electron chi connectivity index (χ3n) is 5.74. The number of fused-ring (bicyclic) bond motifs is 1. The third-order valence-corrected chi connectivity index (χ3v) is 7.38. The van der Waals surface area contributed by atoms with Crippen molar-refractivity contribution in [3.05, 3.63) is 42.6 Å². The maximum atomic E-state index is 13.7. The van der Waals surface area contributed by atoms with Gasteiger partial charge in [0.15, 0.2) is 12.0 Å². The molecule has 0 bridgehead atoms. The van der Waals surface area contributed by atoms with E-state index in [1.807, 2.05) is 5.48 Å². The second kappa shape index (κ2) is 11.8. The van der Waals surface area contributed by atoms with E-state index in [9.17, 15) is 24.8 Å². The molecule has 4 rings (SSSR count). The first-order valence-electron chi connectivity index (χ1n) is 12.0. The summed E-state index contributed by atoms with van der Waals surface area (Å²) in [5, 5.41) is 33.7. The Hall–Kier alpha value is -3.30. The van der Waals surface area contributed by atoms with Crippen molar-refractivity contribution in [2.24, 2.45) is 0 Å². The Morgan fingerprint density at radius 3 is 2.56 bits per heavy atom. The summed E-state index contributed by atoms with van der Waals surface area (Å²) < 4.78 is 37.3. The highest BCUT2D eigenvalue weighted by Gasteiger charge is 2.46. The number of aromatic nitrogens is 3. The fourth-order valence-electron chi connectivity index (χ4n) is 3.94. The monoisotopic (exact) mass is 566 g/mol. The summed E-state index contributed by atoms with van der Waals surface area (Å²) in [5.74, 6) is -0.579. The Bertz CT molecular complexity index is 1340. The van der Waals surface area contributed by atoms with Crippen LogP contribution in [0, 0.1) is 0 Å². The topological polar surface area (TPSA) is 213 Å². The van der Waals surface area contributed by atoms with Crippen molar-refractivity contribution in [3.8, 4) is 5.75 Å². The average molecular weight is 567 g/mol. The van der Waals surface area contributed by atoms with E-state index in [-0.39, 0.29) is 23.2 Å². The van der Waals surface area contributed by atoms with Crippen molar-refractivity contribution < 1.29 is 43.3 Å². The number of ether oxygens (including phenoxy) is 2. The van der Waals surface area contributed by atoms with Crippen LogP contribution in [-0.2, 0) is 23.4 Å². The van der Waals surface area contributed by atoms with Crippen LogP contribution < -0.4 is 20.8 Å². The predicted octanol–water partition coefficient (Wildman–Crippen LogP) is 1.57. The number of carbonyl (C=O) groups excluding carboxylic acids is 1. The van der Waals surface area contributed by atoms with E-state index in [0.717, 1.165) is 0 Å². The van der Waals surface area contributed by atoms with Gasteiger partial charge in [-0.3, -0.25) is 20.0 Å². The van der Waals surface area contributed by atoms with E-state index >= 15 is 0 Å². The molecule has 0 amide bonds. The van der Waals surface area contributed by atoms with Gasteiger partial charge < -0.3 is 34.5 Å². The minimum absolute atomic E-state index is 0.0411. The molecule has 7 N–H and O–H groups in total. The molecular weight excluding hydrogens is 535 g/mol. The van der Waals surface area contributed by atoms with E-state index in [2.05, 4.69) is 15.1 Å². The van der Waals surface area contributed by atoms with Crippen molar-refractivity contribution in [3.63, 3.8) is 0 Å². The molecule has 16 heteroatoms. The molecule has 2 aromatic heterocycles.